The zero-order valence-corrected chi connectivity index (χ0v) is 19.7. The molecule has 0 bridgehead atoms. The van der Waals surface area contributed by atoms with Gasteiger partial charge in [-0.05, 0) is 61.1 Å². The Labute approximate surface area is 199 Å². The van der Waals surface area contributed by atoms with E-state index in [1.807, 2.05) is 7.05 Å². The first-order chi connectivity index (χ1) is 16.8. The zero-order valence-electron chi connectivity index (χ0n) is 19.7. The molecule has 0 atom stereocenters. The molecular weight excluding hydrogens is 424 g/mol. The number of ether oxygens (including phenoxy) is 1. The summed E-state index contributed by atoms with van der Waals surface area (Å²) in [5.41, 5.74) is 5.47. The molecule has 6 rings (SSSR count). The first-order valence-electron chi connectivity index (χ1n) is 12.4. The van der Waals surface area contributed by atoms with Crippen molar-refractivity contribution in [2.45, 2.75) is 37.8 Å². The van der Waals surface area contributed by atoms with Crippen LogP contribution in [0.3, 0.4) is 0 Å². The number of aromatic amines is 1. The molecule has 0 spiro atoms. The number of nitrogens with one attached hydrogen (secondary N) is 3. The minimum absolute atomic E-state index is 0.442. The lowest BCUT2D eigenvalue weighted by molar-refractivity contribution is 0.00791. The molecule has 0 amide bonds. The third-order valence-corrected chi connectivity index (χ3v) is 7.50. The van der Waals surface area contributed by atoms with E-state index in [-0.39, 0.29) is 0 Å². The van der Waals surface area contributed by atoms with Gasteiger partial charge in [0.25, 0.3) is 0 Å². The summed E-state index contributed by atoms with van der Waals surface area (Å²) in [6, 6.07) is 16.2. The Morgan fingerprint density at radius 2 is 1.71 bits per heavy atom. The Bertz CT molecular complexity index is 1270. The Balaban J connectivity index is 1.26. The molecule has 2 aromatic carbocycles. The highest BCUT2D eigenvalue weighted by atomic mass is 16.5. The Kier molecular flexibility index (Phi) is 5.81. The van der Waals surface area contributed by atoms with E-state index in [1.165, 1.54) is 36.8 Å². The van der Waals surface area contributed by atoms with Gasteiger partial charge in [0, 0.05) is 48.8 Å². The molecule has 3 N–H and O–H groups in total. The second-order valence-corrected chi connectivity index (χ2v) is 9.46. The maximum atomic E-state index is 5.53. The molecule has 1 saturated carbocycles. The number of hydrogen-bond acceptors (Lipinski definition) is 6. The van der Waals surface area contributed by atoms with Gasteiger partial charge in [-0.3, -0.25) is 4.90 Å². The first kappa shape index (κ1) is 21.4. The summed E-state index contributed by atoms with van der Waals surface area (Å²) in [6.45, 7) is 3.90. The topological polar surface area (TPSA) is 78.1 Å². The number of hydrogen-bond donors (Lipinski definition) is 3. The fourth-order valence-corrected chi connectivity index (χ4v) is 5.56. The fourth-order valence-electron chi connectivity index (χ4n) is 5.56. The highest BCUT2D eigenvalue weighted by Crippen LogP contribution is 2.34. The molecule has 7 heteroatoms. The average molecular weight is 457 g/mol. The van der Waals surface area contributed by atoms with Crippen molar-refractivity contribution in [1.82, 2.24) is 19.9 Å². The molecule has 2 aliphatic rings. The number of nitrogens with zero attached hydrogens (tertiary/aromatic N) is 3. The summed E-state index contributed by atoms with van der Waals surface area (Å²) in [5, 5.41) is 9.21. The zero-order chi connectivity index (χ0) is 22.9. The monoisotopic (exact) mass is 456 g/mol. The van der Waals surface area contributed by atoms with Crippen LogP contribution < -0.4 is 10.6 Å². The van der Waals surface area contributed by atoms with Crippen LogP contribution in [0.25, 0.3) is 33.1 Å². The number of anilines is 2. The largest absolute Gasteiger partial charge is 0.388 e. The van der Waals surface area contributed by atoms with Crippen molar-refractivity contribution in [2.24, 2.45) is 0 Å². The van der Waals surface area contributed by atoms with Gasteiger partial charge in [0.15, 0.2) is 0 Å². The molecule has 2 fully saturated rings. The number of benzene rings is 2. The molecule has 0 unspecified atom stereocenters. The number of fused-ring (bicyclic) bond motifs is 3. The molecule has 1 saturated heterocycles. The van der Waals surface area contributed by atoms with Crippen molar-refractivity contribution < 1.29 is 4.74 Å². The van der Waals surface area contributed by atoms with Crippen LogP contribution in [0.15, 0.2) is 48.8 Å². The van der Waals surface area contributed by atoms with Crippen LogP contribution in [0.2, 0.25) is 0 Å². The van der Waals surface area contributed by atoms with Crippen molar-refractivity contribution in [3.8, 4) is 11.1 Å². The van der Waals surface area contributed by atoms with Crippen molar-refractivity contribution in [3.05, 3.63) is 48.8 Å². The number of H-pyrrole nitrogens is 1. The smallest absolute Gasteiger partial charge is 0.143 e. The summed E-state index contributed by atoms with van der Waals surface area (Å²) in [6.07, 6.45) is 6.45. The Morgan fingerprint density at radius 1 is 0.941 bits per heavy atom. The predicted molar refractivity (Wildman–Crippen MR) is 138 cm³/mol. The summed E-state index contributed by atoms with van der Waals surface area (Å²) in [7, 11) is 1.94. The van der Waals surface area contributed by atoms with Crippen molar-refractivity contribution in [1.29, 1.82) is 0 Å². The third-order valence-electron chi connectivity index (χ3n) is 7.50. The van der Waals surface area contributed by atoms with Crippen molar-refractivity contribution >= 4 is 33.4 Å². The first-order valence-corrected chi connectivity index (χ1v) is 12.4. The molecule has 0 radical (unpaired) electrons. The van der Waals surface area contributed by atoms with Crippen LogP contribution in [-0.4, -0.2) is 65.3 Å². The summed E-state index contributed by atoms with van der Waals surface area (Å²) < 4.78 is 5.53. The van der Waals surface area contributed by atoms with E-state index in [2.05, 4.69) is 72.9 Å². The predicted octanol–water partition coefficient (Wildman–Crippen LogP) is 4.88. The van der Waals surface area contributed by atoms with E-state index in [4.69, 9.17) is 4.74 Å². The van der Waals surface area contributed by atoms with Crippen molar-refractivity contribution in [3.63, 3.8) is 0 Å². The normalized spacial score (nSPS) is 21.7. The van der Waals surface area contributed by atoms with Crippen LogP contribution in [0.4, 0.5) is 11.5 Å². The summed E-state index contributed by atoms with van der Waals surface area (Å²) >= 11 is 0. The van der Waals surface area contributed by atoms with E-state index in [0.717, 1.165) is 59.7 Å². The third kappa shape index (κ3) is 4.10. The van der Waals surface area contributed by atoms with Crippen LogP contribution in [-0.2, 0) is 4.74 Å². The summed E-state index contributed by atoms with van der Waals surface area (Å²) in [4.78, 5) is 15.3. The van der Waals surface area contributed by atoms with Crippen LogP contribution in [0, 0.1) is 0 Å². The molecule has 3 heterocycles. The minimum atomic E-state index is 0.442. The van der Waals surface area contributed by atoms with E-state index in [0.29, 0.717) is 12.1 Å². The van der Waals surface area contributed by atoms with Gasteiger partial charge in [-0.2, -0.15) is 0 Å². The van der Waals surface area contributed by atoms with Gasteiger partial charge in [0.2, 0.25) is 0 Å². The van der Waals surface area contributed by atoms with E-state index < -0.39 is 0 Å². The maximum Gasteiger partial charge on any atom is 0.143 e. The van der Waals surface area contributed by atoms with Gasteiger partial charge in [-0.25, -0.2) is 9.97 Å². The minimum Gasteiger partial charge on any atom is -0.388 e. The lowest BCUT2D eigenvalue weighted by atomic mass is 9.90. The quantitative estimate of drug-likeness (QED) is 0.398. The number of rotatable bonds is 5. The molecule has 7 nitrogen and oxygen atoms in total. The highest BCUT2D eigenvalue weighted by Gasteiger charge is 2.27. The Hall–Kier alpha value is -3.16. The molecule has 1 aliphatic carbocycles. The van der Waals surface area contributed by atoms with E-state index in [1.54, 1.807) is 6.33 Å². The molecule has 34 heavy (non-hydrogen) atoms. The average Bonchev–Trinajstić information content (AvgIpc) is 3.28. The van der Waals surface area contributed by atoms with Crippen LogP contribution in [0.5, 0.6) is 0 Å². The van der Waals surface area contributed by atoms with Gasteiger partial charge >= 0.3 is 0 Å². The summed E-state index contributed by atoms with van der Waals surface area (Å²) in [5.74, 6) is 0.939. The van der Waals surface area contributed by atoms with Gasteiger partial charge < -0.3 is 20.4 Å². The molecule has 176 valence electrons. The van der Waals surface area contributed by atoms with Gasteiger partial charge in [-0.15, -0.1) is 0 Å². The van der Waals surface area contributed by atoms with Gasteiger partial charge in [0.1, 0.15) is 17.8 Å². The number of morpholine rings is 1. The molecular formula is C27H32N6O. The SMILES string of the molecule is CNc1ccc(-c2ccc3[nH]c4ncnc(NC5CCC(N6CCOCC6)CC5)c4c3c2)cc1. The molecule has 1 aliphatic heterocycles. The lowest BCUT2D eigenvalue weighted by Gasteiger charge is -2.39. The van der Waals surface area contributed by atoms with Crippen molar-refractivity contribution in [2.75, 3.05) is 44.0 Å². The maximum absolute atomic E-state index is 5.53. The fraction of sp³-hybridized carbons (Fsp3) is 0.407. The molecule has 2 aromatic heterocycles. The number of aromatic nitrogens is 3. The second kappa shape index (κ2) is 9.24. The van der Waals surface area contributed by atoms with Crippen LogP contribution in [0.1, 0.15) is 25.7 Å². The van der Waals surface area contributed by atoms with Gasteiger partial charge in [-0.1, -0.05) is 18.2 Å². The standard InChI is InChI=1S/C27H32N6O/c1-28-20-5-2-18(3-6-20)19-4-11-24-23(16-19)25-26(29-17-30-27(25)32-24)31-21-7-9-22(10-8-21)33-12-14-34-15-13-33/h2-6,11,16-17,21-22,28H,7-10,12-15H2,1H3,(H2,29,30,31,32). The van der Waals surface area contributed by atoms with Gasteiger partial charge in [0.05, 0.1) is 18.6 Å². The lowest BCUT2D eigenvalue weighted by Crippen LogP contribution is -2.46. The van der Waals surface area contributed by atoms with E-state index >= 15 is 0 Å². The molecule has 4 aromatic rings. The Morgan fingerprint density at radius 3 is 2.47 bits per heavy atom. The van der Waals surface area contributed by atoms with E-state index in [9.17, 15) is 0 Å². The second-order valence-electron chi connectivity index (χ2n) is 9.46. The van der Waals surface area contributed by atoms with Crippen LogP contribution >= 0.6 is 0 Å². The highest BCUT2D eigenvalue weighted by molar-refractivity contribution is 6.12.